The smallest absolute Gasteiger partial charge is 0.221 e. The van der Waals surface area contributed by atoms with Gasteiger partial charge >= 0.3 is 0 Å². The van der Waals surface area contributed by atoms with E-state index in [1.165, 1.54) is 17.5 Å². The molecule has 1 aromatic carbocycles. The fraction of sp³-hybridized carbons (Fsp3) is 0.333. The Bertz CT molecular complexity index is 538. The van der Waals surface area contributed by atoms with Crippen LogP contribution in [0.15, 0.2) is 30.6 Å². The second-order valence-corrected chi connectivity index (χ2v) is 4.38. The van der Waals surface area contributed by atoms with E-state index >= 15 is 0 Å². The Hall–Kier alpha value is -2.10. The summed E-state index contributed by atoms with van der Waals surface area (Å²) in [6.45, 7) is 4.84. The van der Waals surface area contributed by atoms with Crippen LogP contribution in [0.4, 0.5) is 5.82 Å². The molecule has 2 rings (SSSR count). The fourth-order valence-corrected chi connectivity index (χ4v) is 1.90. The molecule has 0 saturated carbocycles. The highest BCUT2D eigenvalue weighted by molar-refractivity contribution is 5.48. The lowest BCUT2D eigenvalue weighted by Crippen LogP contribution is -2.05. The Kier molecular flexibility index (Phi) is 4.34. The molecule has 0 aliphatic heterocycles. The number of aryl methyl sites for hydroxylation is 1. The van der Waals surface area contributed by atoms with E-state index in [9.17, 15) is 0 Å². The number of methoxy groups -OCH3 is 1. The Morgan fingerprint density at radius 1 is 1.11 bits per heavy atom. The molecule has 0 spiro atoms. The van der Waals surface area contributed by atoms with Gasteiger partial charge in [0.1, 0.15) is 12.1 Å². The van der Waals surface area contributed by atoms with Crippen molar-refractivity contribution in [1.82, 2.24) is 9.97 Å². The van der Waals surface area contributed by atoms with E-state index in [0.29, 0.717) is 5.88 Å². The standard InChI is InChI=1S/C15H19N3O/c1-4-12-5-7-13(8-6-12)9-16-14-11(2)15(19-3)18-10-17-14/h5-8,10H,4,9H2,1-3H3,(H,16,17,18). The molecule has 0 saturated heterocycles. The summed E-state index contributed by atoms with van der Waals surface area (Å²) >= 11 is 0. The number of nitrogens with zero attached hydrogens (tertiary/aromatic N) is 2. The Labute approximate surface area is 113 Å². The zero-order valence-corrected chi connectivity index (χ0v) is 11.6. The van der Waals surface area contributed by atoms with E-state index in [1.807, 2.05) is 6.92 Å². The number of anilines is 1. The van der Waals surface area contributed by atoms with Crippen molar-refractivity contribution in [2.24, 2.45) is 0 Å². The van der Waals surface area contributed by atoms with Crippen molar-refractivity contribution >= 4 is 5.82 Å². The lowest BCUT2D eigenvalue weighted by atomic mass is 10.1. The van der Waals surface area contributed by atoms with Crippen molar-refractivity contribution in [2.45, 2.75) is 26.8 Å². The third kappa shape index (κ3) is 3.22. The quantitative estimate of drug-likeness (QED) is 0.894. The number of benzene rings is 1. The Morgan fingerprint density at radius 3 is 2.42 bits per heavy atom. The summed E-state index contributed by atoms with van der Waals surface area (Å²) < 4.78 is 5.18. The zero-order valence-electron chi connectivity index (χ0n) is 11.6. The first-order chi connectivity index (χ1) is 9.24. The molecule has 1 aromatic heterocycles. The summed E-state index contributed by atoms with van der Waals surface area (Å²) in [6, 6.07) is 8.59. The average molecular weight is 257 g/mol. The van der Waals surface area contributed by atoms with Gasteiger partial charge in [0.15, 0.2) is 0 Å². The van der Waals surface area contributed by atoms with Crippen LogP contribution in [-0.2, 0) is 13.0 Å². The molecule has 1 heterocycles. The molecule has 2 aromatic rings. The topological polar surface area (TPSA) is 47.0 Å². The highest BCUT2D eigenvalue weighted by Crippen LogP contribution is 2.20. The molecular formula is C15H19N3O. The Morgan fingerprint density at radius 2 is 1.79 bits per heavy atom. The van der Waals surface area contributed by atoms with Crippen LogP contribution in [0.3, 0.4) is 0 Å². The average Bonchev–Trinajstić information content (AvgIpc) is 2.47. The predicted octanol–water partition coefficient (Wildman–Crippen LogP) is 2.97. The van der Waals surface area contributed by atoms with Crippen LogP contribution in [0.2, 0.25) is 0 Å². The number of hydrogen-bond acceptors (Lipinski definition) is 4. The maximum atomic E-state index is 5.18. The summed E-state index contributed by atoms with van der Waals surface area (Å²) in [7, 11) is 1.61. The van der Waals surface area contributed by atoms with Gasteiger partial charge < -0.3 is 10.1 Å². The van der Waals surface area contributed by atoms with Gasteiger partial charge in [0.2, 0.25) is 5.88 Å². The summed E-state index contributed by atoms with van der Waals surface area (Å²) in [5.74, 6) is 1.42. The maximum Gasteiger partial charge on any atom is 0.221 e. The predicted molar refractivity (Wildman–Crippen MR) is 76.5 cm³/mol. The number of aromatic nitrogens is 2. The van der Waals surface area contributed by atoms with Gasteiger partial charge in [-0.2, -0.15) is 0 Å². The largest absolute Gasteiger partial charge is 0.481 e. The van der Waals surface area contributed by atoms with E-state index in [2.05, 4.69) is 46.5 Å². The molecule has 100 valence electrons. The molecule has 19 heavy (non-hydrogen) atoms. The number of ether oxygens (including phenoxy) is 1. The fourth-order valence-electron chi connectivity index (χ4n) is 1.90. The van der Waals surface area contributed by atoms with Gasteiger partial charge in [-0.25, -0.2) is 9.97 Å². The number of rotatable bonds is 5. The third-order valence-electron chi connectivity index (χ3n) is 3.12. The van der Waals surface area contributed by atoms with Gasteiger partial charge in [-0.15, -0.1) is 0 Å². The molecule has 0 amide bonds. The van der Waals surface area contributed by atoms with Gasteiger partial charge in [0, 0.05) is 6.54 Å². The van der Waals surface area contributed by atoms with Crippen LogP contribution >= 0.6 is 0 Å². The first kappa shape index (κ1) is 13.3. The van der Waals surface area contributed by atoms with E-state index in [-0.39, 0.29) is 0 Å². The molecule has 0 unspecified atom stereocenters. The second kappa shape index (κ2) is 6.18. The lowest BCUT2D eigenvalue weighted by molar-refractivity contribution is 0.393. The van der Waals surface area contributed by atoms with Gasteiger partial charge in [-0.05, 0) is 24.5 Å². The molecular weight excluding hydrogens is 238 g/mol. The van der Waals surface area contributed by atoms with Crippen molar-refractivity contribution in [2.75, 3.05) is 12.4 Å². The van der Waals surface area contributed by atoms with Crippen molar-refractivity contribution in [1.29, 1.82) is 0 Å². The van der Waals surface area contributed by atoms with Crippen molar-refractivity contribution in [3.8, 4) is 5.88 Å². The molecule has 4 heteroatoms. The molecule has 0 aliphatic carbocycles. The summed E-state index contributed by atoms with van der Waals surface area (Å²) in [4.78, 5) is 8.30. The molecule has 0 aliphatic rings. The second-order valence-electron chi connectivity index (χ2n) is 4.38. The minimum atomic E-state index is 0.610. The van der Waals surface area contributed by atoms with Crippen LogP contribution in [0.5, 0.6) is 5.88 Å². The molecule has 0 bridgehead atoms. The highest BCUT2D eigenvalue weighted by atomic mass is 16.5. The molecule has 4 nitrogen and oxygen atoms in total. The monoisotopic (exact) mass is 257 g/mol. The third-order valence-corrected chi connectivity index (χ3v) is 3.12. The first-order valence-electron chi connectivity index (χ1n) is 6.42. The number of hydrogen-bond donors (Lipinski definition) is 1. The van der Waals surface area contributed by atoms with Crippen molar-refractivity contribution < 1.29 is 4.74 Å². The van der Waals surface area contributed by atoms with E-state index < -0.39 is 0 Å². The van der Waals surface area contributed by atoms with Crippen LogP contribution in [-0.4, -0.2) is 17.1 Å². The minimum Gasteiger partial charge on any atom is -0.481 e. The summed E-state index contributed by atoms with van der Waals surface area (Å²) in [6.07, 6.45) is 2.57. The van der Waals surface area contributed by atoms with E-state index in [1.54, 1.807) is 7.11 Å². The molecule has 0 atom stereocenters. The highest BCUT2D eigenvalue weighted by Gasteiger charge is 2.06. The molecule has 1 N–H and O–H groups in total. The van der Waals surface area contributed by atoms with E-state index in [4.69, 9.17) is 4.74 Å². The summed E-state index contributed by atoms with van der Waals surface area (Å²) in [5.41, 5.74) is 3.51. The van der Waals surface area contributed by atoms with Gasteiger partial charge in [0.05, 0.1) is 12.7 Å². The Balaban J connectivity index is 2.05. The molecule has 0 radical (unpaired) electrons. The first-order valence-corrected chi connectivity index (χ1v) is 6.42. The number of nitrogens with one attached hydrogen (secondary N) is 1. The van der Waals surface area contributed by atoms with Gasteiger partial charge in [0.25, 0.3) is 0 Å². The van der Waals surface area contributed by atoms with Crippen LogP contribution in [0, 0.1) is 6.92 Å². The van der Waals surface area contributed by atoms with E-state index in [0.717, 1.165) is 24.3 Å². The van der Waals surface area contributed by atoms with Crippen molar-refractivity contribution in [3.63, 3.8) is 0 Å². The maximum absolute atomic E-state index is 5.18. The van der Waals surface area contributed by atoms with Crippen LogP contribution in [0.1, 0.15) is 23.6 Å². The minimum absolute atomic E-state index is 0.610. The SMILES string of the molecule is CCc1ccc(CNc2ncnc(OC)c2C)cc1. The lowest BCUT2D eigenvalue weighted by Gasteiger charge is -2.10. The normalized spacial score (nSPS) is 10.3. The summed E-state index contributed by atoms with van der Waals surface area (Å²) in [5, 5.41) is 3.31. The van der Waals surface area contributed by atoms with Crippen LogP contribution < -0.4 is 10.1 Å². The van der Waals surface area contributed by atoms with Gasteiger partial charge in [-0.3, -0.25) is 0 Å². The van der Waals surface area contributed by atoms with Crippen molar-refractivity contribution in [3.05, 3.63) is 47.3 Å². The van der Waals surface area contributed by atoms with Gasteiger partial charge in [-0.1, -0.05) is 31.2 Å². The zero-order chi connectivity index (χ0) is 13.7. The molecule has 0 fully saturated rings. The van der Waals surface area contributed by atoms with Crippen LogP contribution in [0.25, 0.3) is 0 Å².